The number of aromatic amines is 4. The first-order chi connectivity index (χ1) is 17.6. The second-order valence-corrected chi connectivity index (χ2v) is 9.60. The molecule has 8 bridgehead atoms. The monoisotopic (exact) mass is 484 g/mol. The summed E-state index contributed by atoms with van der Waals surface area (Å²) >= 11 is 0. The fourth-order valence-corrected chi connectivity index (χ4v) is 5.17. The van der Waals surface area contributed by atoms with Gasteiger partial charge in [-0.2, -0.15) is 0 Å². The molecule has 0 unspecified atom stereocenters. The number of aliphatic hydroxyl groups is 2. The van der Waals surface area contributed by atoms with Gasteiger partial charge in [0.15, 0.2) is 0 Å². The van der Waals surface area contributed by atoms with E-state index in [-0.39, 0.29) is 13.2 Å². The molecule has 4 aromatic heterocycles. The highest BCUT2D eigenvalue weighted by Gasteiger charge is 2.05. The Balaban J connectivity index is 1.93. The third-order valence-electron chi connectivity index (χ3n) is 6.95. The van der Waals surface area contributed by atoms with Crippen LogP contribution in [0.15, 0.2) is 24.3 Å². The minimum Gasteiger partial charge on any atom is -0.396 e. The normalized spacial score (nSPS) is 12.6. The molecule has 5 heterocycles. The van der Waals surface area contributed by atoms with Crippen LogP contribution in [0.25, 0.3) is 24.3 Å². The predicted molar refractivity (Wildman–Crippen MR) is 144 cm³/mol. The summed E-state index contributed by atoms with van der Waals surface area (Å²) in [5.74, 6) is 0. The number of nitrogens with one attached hydrogen (secondary N) is 4. The van der Waals surface area contributed by atoms with Crippen LogP contribution in [-0.4, -0.2) is 43.4 Å². The van der Waals surface area contributed by atoms with Crippen molar-refractivity contribution < 1.29 is 10.2 Å². The maximum atomic E-state index is 9.67. The fourth-order valence-electron chi connectivity index (χ4n) is 5.17. The van der Waals surface area contributed by atoms with Crippen LogP contribution in [0.1, 0.15) is 48.9 Å². The molecule has 1 aliphatic rings. The highest BCUT2D eigenvalue weighted by Crippen LogP contribution is 2.04. The molecule has 36 heavy (non-hydrogen) atoms. The van der Waals surface area contributed by atoms with E-state index < -0.39 is 0 Å². The van der Waals surface area contributed by atoms with E-state index in [0.717, 1.165) is 79.6 Å². The highest BCUT2D eigenvalue weighted by molar-refractivity contribution is 5.61. The van der Waals surface area contributed by atoms with Gasteiger partial charge in [0.1, 0.15) is 0 Å². The minimum absolute atomic E-state index is 0.0926. The van der Waals surface area contributed by atoms with Gasteiger partial charge in [-0.25, -0.2) is 0 Å². The van der Waals surface area contributed by atoms with Crippen molar-refractivity contribution in [2.75, 3.05) is 13.2 Å². The summed E-state index contributed by atoms with van der Waals surface area (Å²) < 4.78 is 0. The van der Waals surface area contributed by atoms with Crippen LogP contribution in [-0.2, 0) is 25.7 Å². The first-order valence-corrected chi connectivity index (χ1v) is 13.1. The first kappa shape index (κ1) is 24.2. The molecule has 6 nitrogen and oxygen atoms in total. The zero-order valence-electron chi connectivity index (χ0n) is 21.2. The van der Waals surface area contributed by atoms with Crippen molar-refractivity contribution in [3.63, 3.8) is 0 Å². The number of aryl methyl sites for hydroxylation is 2. The molecule has 0 aliphatic carbocycles. The Labute approximate surface area is 209 Å². The van der Waals surface area contributed by atoms with Gasteiger partial charge >= 0.3 is 0 Å². The number of rotatable bonds is 8. The second kappa shape index (κ2) is 10.6. The molecule has 0 aromatic carbocycles. The quantitative estimate of drug-likeness (QED) is 0.228. The molecule has 6 N–H and O–H groups in total. The summed E-state index contributed by atoms with van der Waals surface area (Å²) in [6, 6.07) is 8.75. The molecule has 0 spiro atoms. The van der Waals surface area contributed by atoms with Gasteiger partial charge in [-0.1, -0.05) is 26.7 Å². The number of fused-ring (bicyclic) bond motifs is 8. The Morgan fingerprint density at radius 1 is 0.472 bits per heavy atom. The number of aromatic nitrogens is 4. The van der Waals surface area contributed by atoms with Crippen LogP contribution in [0.5, 0.6) is 0 Å². The van der Waals surface area contributed by atoms with Crippen LogP contribution in [0.4, 0.5) is 0 Å². The summed E-state index contributed by atoms with van der Waals surface area (Å²) in [6.45, 7) is 4.60. The van der Waals surface area contributed by atoms with Gasteiger partial charge in [0.05, 0.1) is 21.4 Å². The number of H-pyrrole nitrogens is 4. The lowest BCUT2D eigenvalue weighted by Crippen LogP contribution is -2.12. The molecular formula is C30H36N4O2. The maximum Gasteiger partial charge on any atom is 0.0627 e. The third-order valence-corrected chi connectivity index (χ3v) is 6.95. The van der Waals surface area contributed by atoms with E-state index in [9.17, 15) is 10.2 Å². The molecule has 0 atom stereocenters. The van der Waals surface area contributed by atoms with Gasteiger partial charge in [0, 0.05) is 34.6 Å². The maximum absolute atomic E-state index is 9.67. The van der Waals surface area contributed by atoms with E-state index in [1.165, 1.54) is 11.1 Å². The average molecular weight is 485 g/mol. The second-order valence-electron chi connectivity index (χ2n) is 9.60. The SMILES string of the molecule is CCCc1cc2[nH]c1=CC=c1[nH]c(cc1CCO)=c1cc(CCO)c([nH]1)=CC=c1[nH]c=2cc1CCC. The van der Waals surface area contributed by atoms with Crippen molar-refractivity contribution in [2.45, 2.75) is 52.4 Å². The standard InChI is InChI=1S/C30H36N4O2/c1-3-5-19-15-27-28-16-20(6-4-2)24(32-28)8-10-26-22(12-14-36)18-30(34-26)29-17-21(11-13-35)25(33-29)9-7-23(19)31-27/h7-10,15-18,31-36H,3-6,11-14H2,1-2H3. The molecule has 4 aromatic rings. The minimum atomic E-state index is 0.0926. The fraction of sp³-hybridized carbons (Fsp3) is 0.333. The number of aliphatic hydroxyl groups excluding tert-OH is 2. The van der Waals surface area contributed by atoms with Gasteiger partial charge < -0.3 is 30.1 Å². The van der Waals surface area contributed by atoms with Gasteiger partial charge in [-0.3, -0.25) is 0 Å². The van der Waals surface area contributed by atoms with Crippen molar-refractivity contribution in [3.8, 4) is 0 Å². The summed E-state index contributed by atoms with van der Waals surface area (Å²) in [4.78, 5) is 14.4. The molecular weight excluding hydrogens is 448 g/mol. The first-order valence-electron chi connectivity index (χ1n) is 13.1. The lowest BCUT2D eigenvalue weighted by Gasteiger charge is -1.92. The van der Waals surface area contributed by atoms with Crippen LogP contribution in [0, 0.1) is 21.4 Å². The molecule has 0 amide bonds. The zero-order chi connectivity index (χ0) is 25.1. The van der Waals surface area contributed by atoms with E-state index in [2.05, 4.69) is 82.4 Å². The van der Waals surface area contributed by atoms with Gasteiger partial charge in [-0.05, 0) is 96.5 Å². The Morgan fingerprint density at radius 2 is 0.750 bits per heavy atom. The Bertz CT molecular complexity index is 1530. The van der Waals surface area contributed by atoms with Crippen LogP contribution < -0.4 is 21.4 Å². The molecule has 188 valence electrons. The van der Waals surface area contributed by atoms with E-state index in [1.807, 2.05) is 0 Å². The molecule has 5 rings (SSSR count). The van der Waals surface area contributed by atoms with Crippen LogP contribution in [0.3, 0.4) is 0 Å². The van der Waals surface area contributed by atoms with E-state index in [4.69, 9.17) is 0 Å². The Kier molecular flexibility index (Phi) is 7.16. The van der Waals surface area contributed by atoms with Crippen LogP contribution >= 0.6 is 0 Å². The Hall–Kier alpha value is -3.48. The molecule has 0 radical (unpaired) electrons. The molecule has 1 aliphatic heterocycles. The van der Waals surface area contributed by atoms with E-state index in [0.29, 0.717) is 12.8 Å². The van der Waals surface area contributed by atoms with Gasteiger partial charge in [0.25, 0.3) is 0 Å². The predicted octanol–water partition coefficient (Wildman–Crippen LogP) is 1.38. The molecule has 0 saturated heterocycles. The number of hydrogen-bond acceptors (Lipinski definition) is 2. The summed E-state index contributed by atoms with van der Waals surface area (Å²) in [7, 11) is 0. The largest absolute Gasteiger partial charge is 0.396 e. The van der Waals surface area contributed by atoms with Crippen molar-refractivity contribution in [1.29, 1.82) is 0 Å². The number of hydrogen-bond donors (Lipinski definition) is 6. The lowest BCUT2D eigenvalue weighted by molar-refractivity contribution is 0.299. The topological polar surface area (TPSA) is 104 Å². The van der Waals surface area contributed by atoms with Gasteiger partial charge in [0.2, 0.25) is 0 Å². The van der Waals surface area contributed by atoms with E-state index in [1.54, 1.807) is 0 Å². The van der Waals surface area contributed by atoms with Crippen molar-refractivity contribution in [2.24, 2.45) is 0 Å². The van der Waals surface area contributed by atoms with E-state index >= 15 is 0 Å². The Morgan fingerprint density at radius 3 is 1.00 bits per heavy atom. The highest BCUT2D eigenvalue weighted by atomic mass is 16.3. The van der Waals surface area contributed by atoms with Crippen molar-refractivity contribution in [3.05, 3.63) is 89.3 Å². The summed E-state index contributed by atoms with van der Waals surface area (Å²) in [6.07, 6.45) is 13.8. The molecule has 6 heteroatoms. The van der Waals surface area contributed by atoms with Gasteiger partial charge in [-0.15, -0.1) is 0 Å². The summed E-state index contributed by atoms with van der Waals surface area (Å²) in [5, 5.41) is 27.7. The van der Waals surface area contributed by atoms with Crippen LogP contribution in [0.2, 0.25) is 0 Å². The van der Waals surface area contributed by atoms with Crippen molar-refractivity contribution >= 4 is 24.3 Å². The third kappa shape index (κ3) is 4.79. The van der Waals surface area contributed by atoms with Crippen molar-refractivity contribution in [1.82, 2.24) is 19.9 Å². The molecule has 0 fully saturated rings. The average Bonchev–Trinajstić information content (AvgIpc) is 3.63. The smallest absolute Gasteiger partial charge is 0.0627 e. The zero-order valence-corrected chi connectivity index (χ0v) is 21.2. The summed E-state index contributed by atoms with van der Waals surface area (Å²) in [5.41, 5.74) is 4.75. The molecule has 0 saturated carbocycles. The lowest BCUT2D eigenvalue weighted by atomic mass is 10.1.